The van der Waals surface area contributed by atoms with Crippen LogP contribution in [0.4, 0.5) is 0 Å². The molecule has 6 nitrogen and oxygen atoms in total. The van der Waals surface area contributed by atoms with Gasteiger partial charge < -0.3 is 14.6 Å². The van der Waals surface area contributed by atoms with Gasteiger partial charge in [-0.1, -0.05) is 5.16 Å². The zero-order chi connectivity index (χ0) is 13.9. The average molecular weight is 279 g/mol. The summed E-state index contributed by atoms with van der Waals surface area (Å²) in [6, 6.07) is 2.07. The van der Waals surface area contributed by atoms with Gasteiger partial charge in [-0.25, -0.2) is 0 Å². The Kier molecular flexibility index (Phi) is 4.03. The number of aromatic nitrogens is 1. The van der Waals surface area contributed by atoms with E-state index in [0.717, 1.165) is 44.9 Å². The van der Waals surface area contributed by atoms with Gasteiger partial charge in [0.15, 0.2) is 5.69 Å². The molecule has 1 aliphatic carbocycles. The van der Waals surface area contributed by atoms with Crippen molar-refractivity contribution in [2.75, 3.05) is 32.8 Å². The number of carbonyl (C=O) groups is 1. The quantitative estimate of drug-likeness (QED) is 0.871. The summed E-state index contributed by atoms with van der Waals surface area (Å²) in [4.78, 5) is 14.3. The number of nitrogens with zero attached hydrogens (tertiary/aromatic N) is 2. The molecule has 1 aromatic rings. The highest BCUT2D eigenvalue weighted by Gasteiger charge is 2.29. The van der Waals surface area contributed by atoms with Crippen LogP contribution < -0.4 is 5.32 Å². The van der Waals surface area contributed by atoms with E-state index < -0.39 is 0 Å². The number of morpholine rings is 1. The van der Waals surface area contributed by atoms with Crippen molar-refractivity contribution in [3.8, 4) is 0 Å². The van der Waals surface area contributed by atoms with Gasteiger partial charge in [-0.15, -0.1) is 0 Å². The van der Waals surface area contributed by atoms with Crippen molar-refractivity contribution < 1.29 is 14.1 Å². The maximum Gasteiger partial charge on any atom is 0.273 e. The molecule has 2 fully saturated rings. The molecule has 1 aliphatic heterocycles. The predicted molar refractivity (Wildman–Crippen MR) is 72.7 cm³/mol. The summed E-state index contributed by atoms with van der Waals surface area (Å²) in [6.07, 6.45) is 2.29. The highest BCUT2D eigenvalue weighted by Crippen LogP contribution is 2.40. The van der Waals surface area contributed by atoms with E-state index in [2.05, 4.69) is 22.3 Å². The van der Waals surface area contributed by atoms with Crippen LogP contribution in [-0.2, 0) is 4.74 Å². The zero-order valence-electron chi connectivity index (χ0n) is 11.8. The van der Waals surface area contributed by atoms with E-state index in [9.17, 15) is 4.79 Å². The number of hydrogen-bond donors (Lipinski definition) is 1. The maximum atomic E-state index is 12.0. The number of ether oxygens (including phenoxy) is 1. The van der Waals surface area contributed by atoms with Gasteiger partial charge in [0, 0.05) is 37.7 Å². The SMILES string of the molecule is CC(CNC(=O)c1cc(C2CC2)on1)N1CCOCC1. The molecule has 1 unspecified atom stereocenters. The topological polar surface area (TPSA) is 67.6 Å². The summed E-state index contributed by atoms with van der Waals surface area (Å²) in [5.41, 5.74) is 0.390. The summed E-state index contributed by atoms with van der Waals surface area (Å²) in [6.45, 7) is 6.12. The smallest absolute Gasteiger partial charge is 0.273 e. The minimum atomic E-state index is -0.152. The van der Waals surface area contributed by atoms with Crippen LogP contribution >= 0.6 is 0 Å². The van der Waals surface area contributed by atoms with Gasteiger partial charge in [0.05, 0.1) is 13.2 Å². The second-order valence-electron chi connectivity index (χ2n) is 5.60. The van der Waals surface area contributed by atoms with Crippen LogP contribution in [-0.4, -0.2) is 54.9 Å². The van der Waals surface area contributed by atoms with Gasteiger partial charge in [-0.05, 0) is 19.8 Å². The van der Waals surface area contributed by atoms with Crippen molar-refractivity contribution >= 4 is 5.91 Å². The molecule has 1 saturated carbocycles. The van der Waals surface area contributed by atoms with Gasteiger partial charge in [-0.2, -0.15) is 0 Å². The fourth-order valence-corrected chi connectivity index (χ4v) is 2.43. The van der Waals surface area contributed by atoms with Crippen LogP contribution in [0.15, 0.2) is 10.6 Å². The Morgan fingerprint density at radius 1 is 1.50 bits per heavy atom. The Balaban J connectivity index is 1.47. The highest BCUT2D eigenvalue weighted by molar-refractivity contribution is 5.92. The highest BCUT2D eigenvalue weighted by atomic mass is 16.5. The fourth-order valence-electron chi connectivity index (χ4n) is 2.43. The molecule has 1 saturated heterocycles. The fraction of sp³-hybridized carbons (Fsp3) is 0.714. The predicted octanol–water partition coefficient (Wildman–Crippen LogP) is 1.00. The van der Waals surface area contributed by atoms with Gasteiger partial charge in [0.2, 0.25) is 0 Å². The minimum absolute atomic E-state index is 0.152. The Hall–Kier alpha value is -1.40. The van der Waals surface area contributed by atoms with E-state index in [1.54, 1.807) is 6.07 Å². The molecule has 110 valence electrons. The Morgan fingerprint density at radius 2 is 2.25 bits per heavy atom. The third-order valence-electron chi connectivity index (χ3n) is 3.97. The molecule has 0 aromatic carbocycles. The lowest BCUT2D eigenvalue weighted by Crippen LogP contribution is -2.47. The molecule has 20 heavy (non-hydrogen) atoms. The van der Waals surface area contributed by atoms with Crippen molar-refractivity contribution in [2.24, 2.45) is 0 Å². The van der Waals surface area contributed by atoms with Crippen molar-refractivity contribution in [2.45, 2.75) is 31.7 Å². The second kappa shape index (κ2) is 5.93. The molecule has 6 heteroatoms. The van der Waals surface area contributed by atoms with E-state index in [-0.39, 0.29) is 5.91 Å². The molecule has 1 N–H and O–H groups in total. The first-order valence-corrected chi connectivity index (χ1v) is 7.30. The lowest BCUT2D eigenvalue weighted by Gasteiger charge is -2.32. The van der Waals surface area contributed by atoms with Crippen LogP contribution in [0, 0.1) is 0 Å². The van der Waals surface area contributed by atoms with Crippen molar-refractivity contribution in [1.82, 2.24) is 15.4 Å². The summed E-state index contributed by atoms with van der Waals surface area (Å²) < 4.78 is 10.5. The molecule has 1 aromatic heterocycles. The first-order valence-electron chi connectivity index (χ1n) is 7.30. The lowest BCUT2D eigenvalue weighted by atomic mass is 10.2. The number of rotatable bonds is 5. The summed E-state index contributed by atoms with van der Waals surface area (Å²) in [5.74, 6) is 1.17. The molecule has 2 aliphatic rings. The van der Waals surface area contributed by atoms with Crippen LogP contribution in [0.2, 0.25) is 0 Å². The Bertz CT molecular complexity index is 464. The van der Waals surface area contributed by atoms with Crippen LogP contribution in [0.1, 0.15) is 41.9 Å². The molecular formula is C14H21N3O3. The number of hydrogen-bond acceptors (Lipinski definition) is 5. The van der Waals surface area contributed by atoms with E-state index in [4.69, 9.17) is 9.26 Å². The van der Waals surface area contributed by atoms with Gasteiger partial charge >= 0.3 is 0 Å². The standard InChI is InChI=1S/C14H21N3O3/c1-10(17-4-6-19-7-5-17)9-15-14(18)12-8-13(20-16-12)11-2-3-11/h8,10-11H,2-7,9H2,1H3,(H,15,18). The number of amides is 1. The van der Waals surface area contributed by atoms with Gasteiger partial charge in [-0.3, -0.25) is 9.69 Å². The van der Waals surface area contributed by atoms with Crippen LogP contribution in [0.3, 0.4) is 0 Å². The molecule has 1 atom stereocenters. The molecule has 3 rings (SSSR count). The summed E-state index contributed by atoms with van der Waals surface area (Å²) in [5, 5.41) is 6.77. The molecule has 0 radical (unpaired) electrons. The first kappa shape index (κ1) is 13.6. The third-order valence-corrected chi connectivity index (χ3v) is 3.97. The largest absolute Gasteiger partial charge is 0.379 e. The van der Waals surface area contributed by atoms with Crippen LogP contribution in [0.5, 0.6) is 0 Å². The Morgan fingerprint density at radius 3 is 2.95 bits per heavy atom. The molecular weight excluding hydrogens is 258 g/mol. The average Bonchev–Trinajstić information content (AvgIpc) is 3.22. The van der Waals surface area contributed by atoms with Crippen molar-refractivity contribution in [1.29, 1.82) is 0 Å². The van der Waals surface area contributed by atoms with Gasteiger partial charge in [0.1, 0.15) is 5.76 Å². The zero-order valence-corrected chi connectivity index (χ0v) is 11.8. The first-order chi connectivity index (χ1) is 9.74. The van der Waals surface area contributed by atoms with E-state index in [1.165, 1.54) is 0 Å². The second-order valence-corrected chi connectivity index (χ2v) is 5.60. The monoisotopic (exact) mass is 279 g/mol. The summed E-state index contributed by atoms with van der Waals surface area (Å²) in [7, 11) is 0. The van der Waals surface area contributed by atoms with Crippen molar-refractivity contribution in [3.63, 3.8) is 0 Å². The molecule has 0 bridgehead atoms. The maximum absolute atomic E-state index is 12.0. The Labute approximate surface area is 118 Å². The third kappa shape index (κ3) is 3.19. The van der Waals surface area contributed by atoms with Crippen molar-refractivity contribution in [3.05, 3.63) is 17.5 Å². The number of nitrogens with one attached hydrogen (secondary N) is 1. The normalized spacial score (nSPS) is 21.6. The lowest BCUT2D eigenvalue weighted by molar-refractivity contribution is 0.0204. The molecule has 0 spiro atoms. The summed E-state index contributed by atoms with van der Waals surface area (Å²) >= 11 is 0. The van der Waals surface area contributed by atoms with E-state index in [0.29, 0.717) is 24.2 Å². The number of carbonyl (C=O) groups excluding carboxylic acids is 1. The van der Waals surface area contributed by atoms with Gasteiger partial charge in [0.25, 0.3) is 5.91 Å². The minimum Gasteiger partial charge on any atom is -0.379 e. The van der Waals surface area contributed by atoms with Crippen LogP contribution in [0.25, 0.3) is 0 Å². The van der Waals surface area contributed by atoms with E-state index >= 15 is 0 Å². The molecule has 2 heterocycles. The van der Waals surface area contributed by atoms with E-state index in [1.807, 2.05) is 0 Å². The molecule has 1 amide bonds.